The van der Waals surface area contributed by atoms with Crippen molar-refractivity contribution in [2.45, 2.75) is 19.3 Å². The fourth-order valence-electron chi connectivity index (χ4n) is 1.25. The maximum Gasteiger partial charge on any atom is 0.150 e. The molecule has 0 aliphatic rings. The van der Waals surface area contributed by atoms with Gasteiger partial charge in [-0.25, -0.2) is 0 Å². The summed E-state index contributed by atoms with van der Waals surface area (Å²) in [4.78, 5) is 21.6. The second kappa shape index (κ2) is 4.05. The molecular formula is C11H11BrO2. The maximum atomic E-state index is 10.9. The first kappa shape index (κ1) is 11.1. The van der Waals surface area contributed by atoms with Gasteiger partial charge in [0.1, 0.15) is 12.6 Å². The van der Waals surface area contributed by atoms with Gasteiger partial charge >= 0.3 is 0 Å². The van der Waals surface area contributed by atoms with Crippen LogP contribution in [-0.2, 0) is 10.2 Å². The van der Waals surface area contributed by atoms with E-state index in [2.05, 4.69) is 15.9 Å². The molecule has 0 bridgehead atoms. The zero-order valence-electron chi connectivity index (χ0n) is 8.08. The van der Waals surface area contributed by atoms with Gasteiger partial charge in [0.15, 0.2) is 0 Å². The third-order valence-corrected chi connectivity index (χ3v) is 2.62. The largest absolute Gasteiger partial charge is 0.302 e. The molecule has 0 heterocycles. The molecule has 74 valence electrons. The lowest BCUT2D eigenvalue weighted by molar-refractivity contribution is -0.111. The summed E-state index contributed by atoms with van der Waals surface area (Å²) in [7, 11) is 0. The van der Waals surface area contributed by atoms with Gasteiger partial charge in [-0.3, -0.25) is 4.79 Å². The van der Waals surface area contributed by atoms with Crippen molar-refractivity contribution in [1.82, 2.24) is 0 Å². The smallest absolute Gasteiger partial charge is 0.150 e. The Kier molecular flexibility index (Phi) is 3.21. The third kappa shape index (κ3) is 2.10. The fourth-order valence-corrected chi connectivity index (χ4v) is 1.61. The molecule has 0 saturated carbocycles. The van der Waals surface area contributed by atoms with E-state index >= 15 is 0 Å². The molecule has 0 aliphatic heterocycles. The molecule has 0 atom stereocenters. The Morgan fingerprint density at radius 2 is 1.93 bits per heavy atom. The molecule has 1 rings (SSSR count). The summed E-state index contributed by atoms with van der Waals surface area (Å²) in [5.74, 6) is 0. The van der Waals surface area contributed by atoms with Crippen LogP contribution in [0.1, 0.15) is 29.8 Å². The van der Waals surface area contributed by atoms with Gasteiger partial charge < -0.3 is 4.79 Å². The summed E-state index contributed by atoms with van der Waals surface area (Å²) < 4.78 is 0.869. The summed E-state index contributed by atoms with van der Waals surface area (Å²) in [6.45, 7) is 3.57. The molecule has 0 radical (unpaired) electrons. The first-order chi connectivity index (χ1) is 6.51. The minimum Gasteiger partial charge on any atom is -0.302 e. The maximum absolute atomic E-state index is 10.9. The van der Waals surface area contributed by atoms with E-state index in [1.54, 1.807) is 32.0 Å². The minimum atomic E-state index is -0.625. The van der Waals surface area contributed by atoms with Gasteiger partial charge in [-0.15, -0.1) is 0 Å². The van der Waals surface area contributed by atoms with Crippen LogP contribution in [0.5, 0.6) is 0 Å². The Morgan fingerprint density at radius 1 is 1.29 bits per heavy atom. The van der Waals surface area contributed by atoms with Crippen molar-refractivity contribution < 1.29 is 9.59 Å². The molecule has 0 amide bonds. The van der Waals surface area contributed by atoms with E-state index in [0.717, 1.165) is 22.6 Å². The minimum absolute atomic E-state index is 0.560. The molecule has 0 aliphatic carbocycles. The van der Waals surface area contributed by atoms with Gasteiger partial charge in [-0.2, -0.15) is 0 Å². The van der Waals surface area contributed by atoms with Gasteiger partial charge in [0.05, 0.1) is 0 Å². The molecule has 1 aromatic carbocycles. The normalized spacial score (nSPS) is 11.1. The van der Waals surface area contributed by atoms with Crippen LogP contribution in [-0.4, -0.2) is 12.6 Å². The summed E-state index contributed by atoms with van der Waals surface area (Å²) >= 11 is 3.32. The number of aldehydes is 2. The van der Waals surface area contributed by atoms with E-state index in [0.29, 0.717) is 5.56 Å². The molecule has 3 heteroatoms. The lowest BCUT2D eigenvalue weighted by Gasteiger charge is -2.19. The highest BCUT2D eigenvalue weighted by Gasteiger charge is 2.22. The lowest BCUT2D eigenvalue weighted by Crippen LogP contribution is -2.20. The lowest BCUT2D eigenvalue weighted by atomic mass is 9.83. The van der Waals surface area contributed by atoms with Crippen molar-refractivity contribution in [1.29, 1.82) is 0 Å². The van der Waals surface area contributed by atoms with Gasteiger partial charge in [0, 0.05) is 15.5 Å². The topological polar surface area (TPSA) is 34.1 Å². The number of hydrogen-bond acceptors (Lipinski definition) is 2. The summed E-state index contributed by atoms with van der Waals surface area (Å²) in [6.07, 6.45) is 1.62. The molecule has 2 nitrogen and oxygen atoms in total. The number of carbonyl (C=O) groups is 2. The summed E-state index contributed by atoms with van der Waals surface area (Å²) in [5, 5.41) is 0. The quantitative estimate of drug-likeness (QED) is 0.778. The van der Waals surface area contributed by atoms with Crippen molar-refractivity contribution in [2.24, 2.45) is 0 Å². The number of benzene rings is 1. The van der Waals surface area contributed by atoms with Gasteiger partial charge in [-0.1, -0.05) is 22.0 Å². The molecule has 0 saturated heterocycles. The zero-order chi connectivity index (χ0) is 10.8. The van der Waals surface area contributed by atoms with E-state index in [1.165, 1.54) is 0 Å². The molecule has 0 aromatic heterocycles. The average Bonchev–Trinajstić information content (AvgIpc) is 2.18. The highest BCUT2D eigenvalue weighted by molar-refractivity contribution is 9.10. The summed E-state index contributed by atoms with van der Waals surface area (Å²) in [5.41, 5.74) is 0.683. The molecule has 14 heavy (non-hydrogen) atoms. The molecule has 1 aromatic rings. The van der Waals surface area contributed by atoms with Crippen LogP contribution in [0.4, 0.5) is 0 Å². The van der Waals surface area contributed by atoms with Crippen LogP contribution in [0.15, 0.2) is 22.7 Å². The monoisotopic (exact) mass is 254 g/mol. The molecule has 0 spiro atoms. The predicted molar refractivity (Wildman–Crippen MR) is 58.6 cm³/mol. The molecule has 0 unspecified atom stereocenters. The third-order valence-electron chi connectivity index (χ3n) is 2.13. The van der Waals surface area contributed by atoms with E-state index in [-0.39, 0.29) is 0 Å². The van der Waals surface area contributed by atoms with Crippen LogP contribution in [0, 0.1) is 0 Å². The molecular weight excluding hydrogens is 244 g/mol. The standard InChI is InChI=1S/C11H11BrO2/c1-11(2,7-14)10-5-9(12)4-3-8(10)6-13/h3-7H,1-2H3. The first-order valence-corrected chi connectivity index (χ1v) is 5.02. The van der Waals surface area contributed by atoms with Crippen LogP contribution < -0.4 is 0 Å². The number of halogens is 1. The van der Waals surface area contributed by atoms with E-state index < -0.39 is 5.41 Å². The van der Waals surface area contributed by atoms with Crippen molar-refractivity contribution in [2.75, 3.05) is 0 Å². The van der Waals surface area contributed by atoms with Crippen LogP contribution in [0.2, 0.25) is 0 Å². The van der Waals surface area contributed by atoms with E-state index in [4.69, 9.17) is 0 Å². The number of hydrogen-bond donors (Lipinski definition) is 0. The first-order valence-electron chi connectivity index (χ1n) is 4.23. The van der Waals surface area contributed by atoms with Crippen molar-refractivity contribution in [3.8, 4) is 0 Å². The van der Waals surface area contributed by atoms with Crippen LogP contribution in [0.25, 0.3) is 0 Å². The van der Waals surface area contributed by atoms with Crippen LogP contribution >= 0.6 is 15.9 Å². The Balaban J connectivity index is 3.37. The Bertz CT molecular complexity index is 370. The Hall–Kier alpha value is -0.960. The van der Waals surface area contributed by atoms with E-state index in [1.807, 2.05) is 0 Å². The second-order valence-electron chi connectivity index (χ2n) is 3.69. The van der Waals surface area contributed by atoms with Crippen molar-refractivity contribution in [3.05, 3.63) is 33.8 Å². The van der Waals surface area contributed by atoms with Gasteiger partial charge in [0.2, 0.25) is 0 Å². The SMILES string of the molecule is CC(C)(C=O)c1cc(Br)ccc1C=O. The Labute approximate surface area is 91.4 Å². The second-order valence-corrected chi connectivity index (χ2v) is 4.60. The van der Waals surface area contributed by atoms with Gasteiger partial charge in [-0.05, 0) is 31.5 Å². The van der Waals surface area contributed by atoms with E-state index in [9.17, 15) is 9.59 Å². The Morgan fingerprint density at radius 3 is 2.43 bits per heavy atom. The zero-order valence-corrected chi connectivity index (χ0v) is 9.67. The highest BCUT2D eigenvalue weighted by atomic mass is 79.9. The summed E-state index contributed by atoms with van der Waals surface area (Å²) in [6, 6.07) is 5.30. The average molecular weight is 255 g/mol. The van der Waals surface area contributed by atoms with Crippen molar-refractivity contribution in [3.63, 3.8) is 0 Å². The number of rotatable bonds is 3. The number of carbonyl (C=O) groups excluding carboxylic acids is 2. The van der Waals surface area contributed by atoms with Crippen molar-refractivity contribution >= 4 is 28.5 Å². The fraction of sp³-hybridized carbons (Fsp3) is 0.273. The molecule has 0 N–H and O–H groups in total. The predicted octanol–water partition coefficient (Wildman–Crippen LogP) is 2.74. The van der Waals surface area contributed by atoms with Gasteiger partial charge in [0.25, 0.3) is 0 Å². The molecule has 0 fully saturated rings. The highest BCUT2D eigenvalue weighted by Crippen LogP contribution is 2.26. The van der Waals surface area contributed by atoms with Crippen LogP contribution in [0.3, 0.4) is 0 Å².